The summed E-state index contributed by atoms with van der Waals surface area (Å²) in [6, 6.07) is 5.71. The molecule has 0 bridgehead atoms. The van der Waals surface area contributed by atoms with E-state index in [1.54, 1.807) is 12.1 Å². The Hall–Kier alpha value is -1.99. The summed E-state index contributed by atoms with van der Waals surface area (Å²) in [7, 11) is 0. The van der Waals surface area contributed by atoms with Crippen molar-refractivity contribution >= 4 is 11.8 Å². The van der Waals surface area contributed by atoms with Crippen molar-refractivity contribution in [2.75, 3.05) is 19.6 Å². The number of primary amides is 1. The van der Waals surface area contributed by atoms with Gasteiger partial charge in [0.25, 0.3) is 0 Å². The summed E-state index contributed by atoms with van der Waals surface area (Å²) in [6.45, 7) is 1.69. The molecule has 0 saturated carbocycles. The molecular weight excluding hydrogens is 325 g/mol. The lowest BCUT2D eigenvalue weighted by Gasteiger charge is -2.38. The van der Waals surface area contributed by atoms with Gasteiger partial charge in [-0.3, -0.25) is 14.5 Å². The zero-order valence-electron chi connectivity index (χ0n) is 14.1. The predicted molar refractivity (Wildman–Crippen MR) is 90.0 cm³/mol. The van der Waals surface area contributed by atoms with Crippen molar-refractivity contribution in [2.24, 2.45) is 5.73 Å². The Morgan fingerprint density at radius 3 is 2.44 bits per heavy atom. The zero-order chi connectivity index (χ0) is 18.0. The molecule has 2 atom stereocenters. The molecule has 2 heterocycles. The predicted octanol–water partition coefficient (Wildman–Crippen LogP) is 0.280. The number of β-amino-alcohol motifs (C(OH)–C–C–N with tert-alkyl or cyclic N) is 1. The Bertz CT molecular complexity index is 629. The van der Waals surface area contributed by atoms with Gasteiger partial charge < -0.3 is 15.7 Å². The first-order valence-corrected chi connectivity index (χ1v) is 8.69. The second-order valence-electron chi connectivity index (χ2n) is 6.92. The molecule has 3 N–H and O–H groups in total. The first kappa shape index (κ1) is 17.8. The number of carbonyl (C=O) groups excluding carboxylic acids is 2. The molecule has 2 fully saturated rings. The van der Waals surface area contributed by atoms with E-state index in [-0.39, 0.29) is 24.2 Å². The Morgan fingerprint density at radius 1 is 1.20 bits per heavy atom. The molecule has 0 unspecified atom stereocenters. The molecule has 1 aromatic rings. The standard InChI is InChI=1S/C18H24FN3O3/c19-13-3-1-12(2-4-13)9-17(24)21-7-5-14(6-8-21)22-11-15(23)10-16(22)18(20)25/h1-4,14-16,23H,5-11H2,(H2,20,25)/t15-,16+/m1/s1. The number of hydrogen-bond acceptors (Lipinski definition) is 4. The van der Waals surface area contributed by atoms with Crippen LogP contribution in [0.25, 0.3) is 0 Å². The van der Waals surface area contributed by atoms with Gasteiger partial charge in [-0.2, -0.15) is 0 Å². The summed E-state index contributed by atoms with van der Waals surface area (Å²) in [5, 5.41) is 9.83. The molecule has 7 heteroatoms. The average Bonchev–Trinajstić information content (AvgIpc) is 2.99. The number of aliphatic hydroxyl groups excluding tert-OH is 1. The van der Waals surface area contributed by atoms with Gasteiger partial charge >= 0.3 is 0 Å². The van der Waals surface area contributed by atoms with Crippen LogP contribution in [0, 0.1) is 5.82 Å². The van der Waals surface area contributed by atoms with Gasteiger partial charge in [-0.1, -0.05) is 12.1 Å². The fourth-order valence-electron chi connectivity index (χ4n) is 3.86. The quantitative estimate of drug-likeness (QED) is 0.817. The van der Waals surface area contributed by atoms with Gasteiger partial charge in [0.05, 0.1) is 18.6 Å². The van der Waals surface area contributed by atoms with Crippen molar-refractivity contribution in [3.63, 3.8) is 0 Å². The normalized spacial score (nSPS) is 25.3. The molecule has 3 rings (SSSR count). The fourth-order valence-corrected chi connectivity index (χ4v) is 3.86. The number of halogens is 1. The van der Waals surface area contributed by atoms with Crippen LogP contribution in [-0.4, -0.2) is 64.5 Å². The minimum absolute atomic E-state index is 0.0259. The molecule has 6 nitrogen and oxygen atoms in total. The van der Waals surface area contributed by atoms with Crippen LogP contribution in [0.4, 0.5) is 4.39 Å². The third kappa shape index (κ3) is 4.16. The van der Waals surface area contributed by atoms with Gasteiger partial charge in [-0.15, -0.1) is 0 Å². The minimum Gasteiger partial charge on any atom is -0.392 e. The summed E-state index contributed by atoms with van der Waals surface area (Å²) in [5.74, 6) is -0.682. The van der Waals surface area contributed by atoms with Crippen LogP contribution in [0.5, 0.6) is 0 Å². The molecule has 1 aromatic carbocycles. The molecule has 0 spiro atoms. The maximum Gasteiger partial charge on any atom is 0.234 e. The number of rotatable bonds is 4. The number of amides is 2. The van der Waals surface area contributed by atoms with Gasteiger partial charge in [0.15, 0.2) is 0 Å². The topological polar surface area (TPSA) is 86.9 Å². The maximum absolute atomic E-state index is 12.9. The highest BCUT2D eigenvalue weighted by molar-refractivity contribution is 5.80. The summed E-state index contributed by atoms with van der Waals surface area (Å²) in [5.41, 5.74) is 6.24. The lowest BCUT2D eigenvalue weighted by atomic mass is 10.0. The van der Waals surface area contributed by atoms with Crippen LogP contribution in [0.1, 0.15) is 24.8 Å². The van der Waals surface area contributed by atoms with Crippen molar-refractivity contribution in [1.29, 1.82) is 0 Å². The Kier molecular flexibility index (Phi) is 5.34. The van der Waals surface area contributed by atoms with Crippen molar-refractivity contribution in [3.05, 3.63) is 35.6 Å². The highest BCUT2D eigenvalue weighted by Crippen LogP contribution is 2.26. The Balaban J connectivity index is 1.53. The number of hydrogen-bond donors (Lipinski definition) is 2. The fraction of sp³-hybridized carbons (Fsp3) is 0.556. The van der Waals surface area contributed by atoms with Crippen molar-refractivity contribution in [2.45, 2.75) is 43.9 Å². The number of nitrogens with zero attached hydrogens (tertiary/aromatic N) is 2. The van der Waals surface area contributed by atoms with Crippen LogP contribution in [0.2, 0.25) is 0 Å². The van der Waals surface area contributed by atoms with E-state index >= 15 is 0 Å². The minimum atomic E-state index is -0.518. The molecule has 0 radical (unpaired) electrons. The van der Waals surface area contributed by atoms with Gasteiger partial charge in [0.2, 0.25) is 11.8 Å². The molecule has 0 aromatic heterocycles. The average molecular weight is 349 g/mol. The van der Waals surface area contributed by atoms with Gasteiger partial charge in [0, 0.05) is 25.7 Å². The molecule has 25 heavy (non-hydrogen) atoms. The highest BCUT2D eigenvalue weighted by Gasteiger charge is 2.40. The van der Waals surface area contributed by atoms with Crippen molar-refractivity contribution in [1.82, 2.24) is 9.80 Å². The van der Waals surface area contributed by atoms with Crippen LogP contribution < -0.4 is 5.73 Å². The Labute approximate surface area is 146 Å². The first-order valence-electron chi connectivity index (χ1n) is 8.69. The summed E-state index contributed by atoms with van der Waals surface area (Å²) in [6.07, 6.45) is 1.64. The van der Waals surface area contributed by atoms with Crippen molar-refractivity contribution in [3.8, 4) is 0 Å². The third-order valence-electron chi connectivity index (χ3n) is 5.20. The van der Waals surface area contributed by atoms with E-state index in [2.05, 4.69) is 0 Å². The van der Waals surface area contributed by atoms with E-state index in [1.165, 1.54) is 12.1 Å². The Morgan fingerprint density at radius 2 is 1.84 bits per heavy atom. The molecule has 2 amide bonds. The summed E-state index contributed by atoms with van der Waals surface area (Å²) < 4.78 is 12.9. The van der Waals surface area contributed by atoms with Crippen LogP contribution in [0.15, 0.2) is 24.3 Å². The molecule has 136 valence electrons. The highest BCUT2D eigenvalue weighted by atomic mass is 19.1. The van der Waals surface area contributed by atoms with Gasteiger partial charge in [0.1, 0.15) is 5.82 Å². The van der Waals surface area contributed by atoms with Crippen LogP contribution in [-0.2, 0) is 16.0 Å². The number of aliphatic hydroxyl groups is 1. The first-order chi connectivity index (χ1) is 11.9. The van der Waals surface area contributed by atoms with Gasteiger partial charge in [-0.25, -0.2) is 4.39 Å². The number of nitrogens with two attached hydrogens (primary N) is 1. The monoisotopic (exact) mass is 349 g/mol. The largest absolute Gasteiger partial charge is 0.392 e. The van der Waals surface area contributed by atoms with E-state index in [9.17, 15) is 19.1 Å². The molecule has 2 aliphatic rings. The van der Waals surface area contributed by atoms with E-state index in [0.29, 0.717) is 26.1 Å². The van der Waals surface area contributed by atoms with E-state index in [1.807, 2.05) is 9.80 Å². The van der Waals surface area contributed by atoms with Crippen LogP contribution >= 0.6 is 0 Å². The number of piperidine rings is 1. The second kappa shape index (κ2) is 7.49. The van der Waals surface area contributed by atoms with Crippen LogP contribution in [0.3, 0.4) is 0 Å². The maximum atomic E-state index is 12.9. The van der Waals surface area contributed by atoms with Gasteiger partial charge in [-0.05, 0) is 37.0 Å². The smallest absolute Gasteiger partial charge is 0.234 e. The van der Waals surface area contributed by atoms with E-state index in [4.69, 9.17) is 5.73 Å². The number of benzene rings is 1. The lowest BCUT2D eigenvalue weighted by Crippen LogP contribution is -2.51. The van der Waals surface area contributed by atoms with E-state index in [0.717, 1.165) is 18.4 Å². The molecular formula is C18H24FN3O3. The molecule has 2 saturated heterocycles. The molecule has 0 aliphatic carbocycles. The molecule has 2 aliphatic heterocycles. The van der Waals surface area contributed by atoms with Crippen molar-refractivity contribution < 1.29 is 19.1 Å². The SMILES string of the molecule is NC(=O)[C@@H]1C[C@@H](O)CN1C1CCN(C(=O)Cc2ccc(F)cc2)CC1. The third-order valence-corrected chi connectivity index (χ3v) is 5.20. The number of likely N-dealkylation sites (tertiary alicyclic amines) is 2. The zero-order valence-corrected chi connectivity index (χ0v) is 14.1. The van der Waals surface area contributed by atoms with E-state index < -0.39 is 18.1 Å². The second-order valence-corrected chi connectivity index (χ2v) is 6.92. The number of carbonyl (C=O) groups is 2. The summed E-state index contributed by atoms with van der Waals surface area (Å²) in [4.78, 5) is 27.8. The summed E-state index contributed by atoms with van der Waals surface area (Å²) >= 11 is 0. The lowest BCUT2D eigenvalue weighted by molar-refractivity contribution is -0.133.